The largest absolute Gasteiger partial charge is 0.394 e. The van der Waals surface area contributed by atoms with Crippen LogP contribution in [-0.4, -0.2) is 23.9 Å². The molecule has 0 aliphatic rings. The second-order valence-corrected chi connectivity index (χ2v) is 4.51. The number of nitrogen functional groups attached to an aromatic ring is 1. The fourth-order valence-electron chi connectivity index (χ4n) is 1.92. The topological polar surface area (TPSA) is 59.1 Å². The molecule has 0 fully saturated rings. The number of aryl methyl sites for hydroxylation is 2. The van der Waals surface area contributed by atoms with Gasteiger partial charge in [-0.3, -0.25) is 4.68 Å². The third-order valence-electron chi connectivity index (χ3n) is 2.91. The number of hydrogen-bond donors (Lipinski definition) is 2. The first kappa shape index (κ1) is 12.3. The molecule has 0 spiro atoms. The molecule has 0 amide bonds. The van der Waals surface area contributed by atoms with E-state index < -0.39 is 0 Å². The Balaban J connectivity index is 2.40. The Hall–Kier alpha value is -2.17. The van der Waals surface area contributed by atoms with Crippen molar-refractivity contribution < 1.29 is 0 Å². The molecule has 0 radical (unpaired) electrons. The molecular formula is C13H19N5. The van der Waals surface area contributed by atoms with Gasteiger partial charge in [-0.05, 0) is 19.1 Å². The van der Waals surface area contributed by atoms with Gasteiger partial charge in [-0.25, -0.2) is 0 Å². The zero-order valence-corrected chi connectivity index (χ0v) is 11.2. The Morgan fingerprint density at radius 3 is 2.50 bits per heavy atom. The fraction of sp³-hybridized carbons (Fsp3) is 0.308. The molecule has 96 valence electrons. The van der Waals surface area contributed by atoms with Crippen LogP contribution in [0.2, 0.25) is 0 Å². The van der Waals surface area contributed by atoms with E-state index in [2.05, 4.69) is 21.4 Å². The summed E-state index contributed by atoms with van der Waals surface area (Å²) in [6, 6.07) is 8.09. The van der Waals surface area contributed by atoms with Crippen LogP contribution < -0.4 is 16.0 Å². The van der Waals surface area contributed by atoms with Gasteiger partial charge in [-0.15, -0.1) is 0 Å². The summed E-state index contributed by atoms with van der Waals surface area (Å²) in [5, 5.41) is 7.64. The van der Waals surface area contributed by atoms with Crippen molar-refractivity contribution in [2.45, 2.75) is 6.92 Å². The lowest BCUT2D eigenvalue weighted by Crippen LogP contribution is -2.11. The number of nitrogens with zero attached hydrogens (tertiary/aromatic N) is 3. The van der Waals surface area contributed by atoms with Crippen molar-refractivity contribution in [1.82, 2.24) is 9.78 Å². The van der Waals surface area contributed by atoms with Crippen molar-refractivity contribution in [3.05, 3.63) is 30.0 Å². The van der Waals surface area contributed by atoms with E-state index in [1.54, 1.807) is 4.68 Å². The average Bonchev–Trinajstić information content (AvgIpc) is 2.56. The van der Waals surface area contributed by atoms with Crippen LogP contribution in [0.25, 0.3) is 0 Å². The summed E-state index contributed by atoms with van der Waals surface area (Å²) in [5.74, 6) is 0.821. The average molecular weight is 245 g/mol. The van der Waals surface area contributed by atoms with Crippen LogP contribution in [0.4, 0.5) is 22.9 Å². The van der Waals surface area contributed by atoms with E-state index in [1.165, 1.54) is 0 Å². The van der Waals surface area contributed by atoms with Gasteiger partial charge in [0, 0.05) is 21.1 Å². The van der Waals surface area contributed by atoms with Crippen molar-refractivity contribution in [2.75, 3.05) is 30.0 Å². The summed E-state index contributed by atoms with van der Waals surface area (Å²) in [7, 11) is 5.90. The maximum absolute atomic E-state index is 6.02. The van der Waals surface area contributed by atoms with Crippen molar-refractivity contribution in [3.8, 4) is 0 Å². The fourth-order valence-corrected chi connectivity index (χ4v) is 1.92. The number of para-hydroxylation sites is 2. The SMILES string of the molecule is Cc1nn(C)c(Nc2ccccc2N(C)C)c1N. The summed E-state index contributed by atoms with van der Waals surface area (Å²) in [6.07, 6.45) is 0. The van der Waals surface area contributed by atoms with Crippen LogP contribution in [0.5, 0.6) is 0 Å². The molecule has 0 aliphatic carbocycles. The summed E-state index contributed by atoms with van der Waals surface area (Å²) in [6.45, 7) is 1.90. The third-order valence-corrected chi connectivity index (χ3v) is 2.91. The number of benzene rings is 1. The van der Waals surface area contributed by atoms with Gasteiger partial charge in [0.05, 0.1) is 22.8 Å². The highest BCUT2D eigenvalue weighted by atomic mass is 15.3. The van der Waals surface area contributed by atoms with Gasteiger partial charge in [0.15, 0.2) is 5.82 Å². The summed E-state index contributed by atoms with van der Waals surface area (Å²) >= 11 is 0. The first-order valence-electron chi connectivity index (χ1n) is 5.83. The molecule has 1 aromatic heterocycles. The minimum Gasteiger partial charge on any atom is -0.394 e. The number of nitrogens with two attached hydrogens (primary N) is 1. The molecule has 0 bridgehead atoms. The predicted octanol–water partition coefficient (Wildman–Crippen LogP) is 2.12. The highest BCUT2D eigenvalue weighted by Gasteiger charge is 2.12. The molecular weight excluding hydrogens is 226 g/mol. The van der Waals surface area contributed by atoms with Crippen molar-refractivity contribution in [2.24, 2.45) is 7.05 Å². The molecule has 2 aromatic rings. The predicted molar refractivity (Wildman–Crippen MR) is 76.4 cm³/mol. The van der Waals surface area contributed by atoms with Crippen LogP contribution in [0.3, 0.4) is 0 Å². The number of nitrogens with one attached hydrogen (secondary N) is 1. The summed E-state index contributed by atoms with van der Waals surface area (Å²) < 4.78 is 1.76. The maximum atomic E-state index is 6.02. The van der Waals surface area contributed by atoms with Gasteiger partial charge in [-0.1, -0.05) is 12.1 Å². The second-order valence-electron chi connectivity index (χ2n) is 4.51. The normalized spacial score (nSPS) is 10.4. The quantitative estimate of drug-likeness (QED) is 0.869. The Morgan fingerprint density at radius 1 is 1.28 bits per heavy atom. The molecule has 18 heavy (non-hydrogen) atoms. The molecule has 1 heterocycles. The Morgan fingerprint density at radius 2 is 1.94 bits per heavy atom. The number of anilines is 4. The third kappa shape index (κ3) is 2.11. The number of rotatable bonds is 3. The minimum atomic E-state index is 0.686. The summed E-state index contributed by atoms with van der Waals surface area (Å²) in [4.78, 5) is 2.06. The lowest BCUT2D eigenvalue weighted by atomic mass is 10.2. The van der Waals surface area contributed by atoms with E-state index in [0.29, 0.717) is 5.69 Å². The Labute approximate surface area is 107 Å². The van der Waals surface area contributed by atoms with Crippen molar-refractivity contribution in [3.63, 3.8) is 0 Å². The van der Waals surface area contributed by atoms with Crippen LogP contribution in [-0.2, 0) is 7.05 Å². The monoisotopic (exact) mass is 245 g/mol. The van der Waals surface area contributed by atoms with E-state index in [1.807, 2.05) is 46.3 Å². The van der Waals surface area contributed by atoms with Gasteiger partial charge in [0.2, 0.25) is 0 Å². The zero-order chi connectivity index (χ0) is 13.3. The number of aromatic nitrogens is 2. The van der Waals surface area contributed by atoms with Crippen LogP contribution in [0.1, 0.15) is 5.69 Å². The molecule has 0 saturated heterocycles. The number of hydrogen-bond acceptors (Lipinski definition) is 4. The van der Waals surface area contributed by atoms with Crippen LogP contribution in [0.15, 0.2) is 24.3 Å². The van der Waals surface area contributed by atoms with Crippen molar-refractivity contribution >= 4 is 22.9 Å². The van der Waals surface area contributed by atoms with Crippen LogP contribution in [0, 0.1) is 6.92 Å². The molecule has 1 aromatic carbocycles. The van der Waals surface area contributed by atoms with Gasteiger partial charge >= 0.3 is 0 Å². The summed E-state index contributed by atoms with van der Waals surface area (Å²) in [5.41, 5.74) is 9.66. The van der Waals surface area contributed by atoms with Gasteiger partial charge in [0.25, 0.3) is 0 Å². The lowest BCUT2D eigenvalue weighted by Gasteiger charge is -2.18. The van der Waals surface area contributed by atoms with E-state index >= 15 is 0 Å². The van der Waals surface area contributed by atoms with E-state index in [-0.39, 0.29) is 0 Å². The van der Waals surface area contributed by atoms with Crippen molar-refractivity contribution in [1.29, 1.82) is 0 Å². The van der Waals surface area contributed by atoms with Gasteiger partial charge in [0.1, 0.15) is 0 Å². The molecule has 0 aliphatic heterocycles. The van der Waals surface area contributed by atoms with Crippen LogP contribution >= 0.6 is 0 Å². The molecule has 2 rings (SSSR count). The molecule has 5 nitrogen and oxygen atoms in total. The van der Waals surface area contributed by atoms with Gasteiger partial charge < -0.3 is 16.0 Å². The zero-order valence-electron chi connectivity index (χ0n) is 11.2. The Kier molecular flexibility index (Phi) is 3.14. The minimum absolute atomic E-state index is 0.686. The maximum Gasteiger partial charge on any atom is 0.152 e. The van der Waals surface area contributed by atoms with E-state index in [0.717, 1.165) is 22.9 Å². The highest BCUT2D eigenvalue weighted by molar-refractivity contribution is 5.78. The molecule has 3 N–H and O–H groups in total. The molecule has 5 heteroatoms. The molecule has 0 saturated carbocycles. The first-order valence-corrected chi connectivity index (χ1v) is 5.83. The molecule has 0 unspecified atom stereocenters. The lowest BCUT2D eigenvalue weighted by molar-refractivity contribution is 0.765. The highest BCUT2D eigenvalue weighted by Crippen LogP contribution is 2.30. The standard InChI is InChI=1S/C13H19N5/c1-9-12(14)13(18(4)16-9)15-10-7-5-6-8-11(10)17(2)3/h5-8,15H,14H2,1-4H3. The Bertz CT molecular complexity index is 557. The second kappa shape index (κ2) is 4.60. The van der Waals surface area contributed by atoms with E-state index in [9.17, 15) is 0 Å². The first-order chi connectivity index (χ1) is 8.50. The smallest absolute Gasteiger partial charge is 0.152 e. The van der Waals surface area contributed by atoms with E-state index in [4.69, 9.17) is 5.73 Å². The molecule has 0 atom stereocenters. The van der Waals surface area contributed by atoms with Gasteiger partial charge in [-0.2, -0.15) is 5.10 Å².